The Kier molecular flexibility index (Phi) is 4.37. The van der Waals surface area contributed by atoms with Crippen molar-refractivity contribution >= 4 is 0 Å². The minimum atomic E-state index is -0.0630. The van der Waals surface area contributed by atoms with E-state index < -0.39 is 0 Å². The Morgan fingerprint density at radius 3 is 2.62 bits per heavy atom. The topological polar surface area (TPSA) is 75.2 Å². The van der Waals surface area contributed by atoms with E-state index in [1.165, 1.54) is 5.56 Å². The summed E-state index contributed by atoms with van der Waals surface area (Å²) in [5, 5.41) is 8.77. The van der Waals surface area contributed by atoms with Crippen LogP contribution in [0.15, 0.2) is 59.1 Å². The molecule has 2 aromatic heterocycles. The fraction of sp³-hybridized carbons (Fsp3) is 0.227. The maximum Gasteiger partial charge on any atom is 0.278 e. The van der Waals surface area contributed by atoms with E-state index in [4.69, 9.17) is 14.0 Å². The van der Waals surface area contributed by atoms with Crippen molar-refractivity contribution in [3.63, 3.8) is 0 Å². The molecule has 2 aromatic carbocycles. The lowest BCUT2D eigenvalue weighted by molar-refractivity contribution is -0.00115. The molecule has 29 heavy (non-hydrogen) atoms. The Morgan fingerprint density at radius 2 is 1.86 bits per heavy atom. The van der Waals surface area contributed by atoms with E-state index in [2.05, 4.69) is 15.2 Å². The number of hydrogen-bond acceptors (Lipinski definition) is 6. The Balaban J connectivity index is 1.37. The smallest absolute Gasteiger partial charge is 0.278 e. The van der Waals surface area contributed by atoms with Crippen LogP contribution in [0.5, 0.6) is 5.75 Å². The van der Waals surface area contributed by atoms with E-state index in [0.29, 0.717) is 30.6 Å². The van der Waals surface area contributed by atoms with Crippen LogP contribution in [0.1, 0.15) is 22.9 Å². The number of benzene rings is 2. The summed E-state index contributed by atoms with van der Waals surface area (Å²) in [5.41, 5.74) is 4.83. The van der Waals surface area contributed by atoms with Gasteiger partial charge in [-0.15, -0.1) is 0 Å². The van der Waals surface area contributed by atoms with Gasteiger partial charge in [-0.1, -0.05) is 47.1 Å². The number of rotatable bonds is 4. The molecule has 0 bridgehead atoms. The summed E-state index contributed by atoms with van der Waals surface area (Å²) in [6.07, 6.45) is -0.0630. The predicted molar refractivity (Wildman–Crippen MR) is 106 cm³/mol. The molecule has 1 atom stereocenters. The summed E-state index contributed by atoms with van der Waals surface area (Å²) >= 11 is 0. The maximum atomic E-state index is 6.03. The molecule has 0 radical (unpaired) electrons. The molecule has 7 heteroatoms. The van der Waals surface area contributed by atoms with Crippen LogP contribution in [0.25, 0.3) is 23.0 Å². The highest BCUT2D eigenvalue weighted by Gasteiger charge is 2.24. The van der Waals surface area contributed by atoms with E-state index in [1.54, 1.807) is 7.11 Å². The zero-order chi connectivity index (χ0) is 19.8. The number of methoxy groups -OCH3 is 1. The van der Waals surface area contributed by atoms with E-state index in [-0.39, 0.29) is 6.10 Å². The van der Waals surface area contributed by atoms with E-state index >= 15 is 0 Å². The Hall–Kier alpha value is -3.45. The average Bonchev–Trinajstić information content (AvgIpc) is 3.41. The second-order valence-electron chi connectivity index (χ2n) is 7.06. The fourth-order valence-corrected chi connectivity index (χ4v) is 3.40. The van der Waals surface area contributed by atoms with Gasteiger partial charge in [-0.05, 0) is 30.7 Å². The van der Waals surface area contributed by atoms with Gasteiger partial charge in [0.25, 0.3) is 5.89 Å². The zero-order valence-electron chi connectivity index (χ0n) is 16.2. The molecular weight excluding hydrogens is 368 g/mol. The molecule has 7 nitrogen and oxygen atoms in total. The molecule has 4 aromatic rings. The SMILES string of the molecule is COc1ccc(C2Cn3nc(-c4nc(-c5ccc(C)cc5)no4)cc3CO2)cc1. The van der Waals surface area contributed by atoms with Crippen molar-refractivity contribution in [1.29, 1.82) is 0 Å². The number of nitrogens with zero attached hydrogens (tertiary/aromatic N) is 4. The summed E-state index contributed by atoms with van der Waals surface area (Å²) in [6.45, 7) is 3.14. The summed E-state index contributed by atoms with van der Waals surface area (Å²) in [7, 11) is 1.66. The molecule has 0 saturated heterocycles. The molecular formula is C22H20N4O3. The van der Waals surface area contributed by atoms with Crippen molar-refractivity contribution in [2.75, 3.05) is 7.11 Å². The largest absolute Gasteiger partial charge is 0.497 e. The molecule has 1 unspecified atom stereocenters. The predicted octanol–water partition coefficient (Wildman–Crippen LogP) is 4.19. The van der Waals surface area contributed by atoms with Crippen LogP contribution in [-0.4, -0.2) is 27.0 Å². The van der Waals surface area contributed by atoms with Gasteiger partial charge in [0.2, 0.25) is 5.82 Å². The third-order valence-corrected chi connectivity index (χ3v) is 5.08. The molecule has 0 fully saturated rings. The van der Waals surface area contributed by atoms with Gasteiger partial charge >= 0.3 is 0 Å². The van der Waals surface area contributed by atoms with Crippen LogP contribution >= 0.6 is 0 Å². The van der Waals surface area contributed by atoms with Crippen LogP contribution in [0.2, 0.25) is 0 Å². The number of ether oxygens (including phenoxy) is 2. The Morgan fingerprint density at radius 1 is 1.07 bits per heavy atom. The maximum absolute atomic E-state index is 6.03. The molecule has 146 valence electrons. The van der Waals surface area contributed by atoms with Crippen LogP contribution in [0.4, 0.5) is 0 Å². The molecule has 0 aliphatic carbocycles. The first-order valence-electron chi connectivity index (χ1n) is 9.43. The summed E-state index contributed by atoms with van der Waals surface area (Å²) in [5.74, 6) is 1.79. The summed E-state index contributed by atoms with van der Waals surface area (Å²) in [6, 6.07) is 17.9. The van der Waals surface area contributed by atoms with Crippen molar-refractivity contribution in [3.8, 4) is 28.7 Å². The third-order valence-electron chi connectivity index (χ3n) is 5.08. The summed E-state index contributed by atoms with van der Waals surface area (Å²) in [4.78, 5) is 4.51. The van der Waals surface area contributed by atoms with Crippen LogP contribution < -0.4 is 4.74 Å². The minimum Gasteiger partial charge on any atom is -0.497 e. The highest BCUT2D eigenvalue weighted by Crippen LogP contribution is 2.30. The lowest BCUT2D eigenvalue weighted by atomic mass is 10.1. The first-order chi connectivity index (χ1) is 14.2. The minimum absolute atomic E-state index is 0.0630. The van der Waals surface area contributed by atoms with Crippen molar-refractivity contribution in [2.24, 2.45) is 0 Å². The molecule has 0 spiro atoms. The normalized spacial score (nSPS) is 15.9. The number of fused-ring (bicyclic) bond motifs is 1. The standard InChI is InChI=1S/C22H20N4O3/c1-14-3-5-16(6-4-14)21-23-22(29-25-21)19-11-17-13-28-20(12-26(17)24-19)15-7-9-18(27-2)10-8-15/h3-11,20H,12-13H2,1-2H3. The lowest BCUT2D eigenvalue weighted by Gasteiger charge is -2.24. The van der Waals surface area contributed by atoms with Crippen LogP contribution in [0.3, 0.4) is 0 Å². The van der Waals surface area contributed by atoms with E-state index in [0.717, 1.165) is 22.6 Å². The molecule has 0 N–H and O–H groups in total. The Bertz CT molecular complexity index is 1130. The van der Waals surface area contributed by atoms with E-state index in [1.807, 2.05) is 66.2 Å². The van der Waals surface area contributed by atoms with Crippen LogP contribution in [-0.2, 0) is 17.9 Å². The van der Waals surface area contributed by atoms with Crippen molar-refractivity contribution < 1.29 is 14.0 Å². The van der Waals surface area contributed by atoms with Gasteiger partial charge in [0.05, 0.1) is 26.0 Å². The van der Waals surface area contributed by atoms with Gasteiger partial charge < -0.3 is 14.0 Å². The quantitative estimate of drug-likeness (QED) is 0.522. The van der Waals surface area contributed by atoms with Gasteiger partial charge in [-0.2, -0.15) is 10.1 Å². The van der Waals surface area contributed by atoms with Crippen LogP contribution in [0, 0.1) is 6.92 Å². The van der Waals surface area contributed by atoms with Gasteiger partial charge in [0.15, 0.2) is 5.69 Å². The van der Waals surface area contributed by atoms with Gasteiger partial charge in [0.1, 0.15) is 11.9 Å². The third kappa shape index (κ3) is 3.40. The zero-order valence-corrected chi connectivity index (χ0v) is 16.2. The molecule has 1 aliphatic rings. The van der Waals surface area contributed by atoms with Crippen molar-refractivity contribution in [3.05, 3.63) is 71.4 Å². The number of aromatic nitrogens is 4. The first kappa shape index (κ1) is 17.6. The molecule has 5 rings (SSSR count). The molecule has 1 aliphatic heterocycles. The second-order valence-corrected chi connectivity index (χ2v) is 7.06. The van der Waals surface area contributed by atoms with Crippen molar-refractivity contribution in [1.82, 2.24) is 19.9 Å². The highest BCUT2D eigenvalue weighted by molar-refractivity contribution is 5.58. The first-order valence-corrected chi connectivity index (χ1v) is 9.43. The van der Waals surface area contributed by atoms with Crippen molar-refractivity contribution in [2.45, 2.75) is 26.2 Å². The Labute approximate surface area is 167 Å². The fourth-order valence-electron chi connectivity index (χ4n) is 3.40. The lowest BCUT2D eigenvalue weighted by Crippen LogP contribution is -2.21. The highest BCUT2D eigenvalue weighted by atomic mass is 16.5. The van der Waals surface area contributed by atoms with E-state index in [9.17, 15) is 0 Å². The number of hydrogen-bond donors (Lipinski definition) is 0. The molecule has 3 heterocycles. The van der Waals surface area contributed by atoms with Gasteiger partial charge in [-0.25, -0.2) is 0 Å². The van der Waals surface area contributed by atoms with Gasteiger partial charge in [-0.3, -0.25) is 4.68 Å². The molecule has 0 saturated carbocycles. The number of aryl methyl sites for hydroxylation is 1. The monoisotopic (exact) mass is 388 g/mol. The second kappa shape index (κ2) is 7.18. The molecule has 0 amide bonds. The van der Waals surface area contributed by atoms with Gasteiger partial charge in [0, 0.05) is 5.56 Å². The summed E-state index contributed by atoms with van der Waals surface area (Å²) < 4.78 is 18.7. The average molecular weight is 388 g/mol.